The molecule has 0 radical (unpaired) electrons. The molecule has 4 aliphatic heterocycles. The Kier molecular flexibility index (Phi) is 10.8. The zero-order valence-corrected chi connectivity index (χ0v) is 29.0. The maximum atomic E-state index is 14.1. The number of aryl methyl sites for hydroxylation is 1. The number of rotatable bonds is 6. The lowest BCUT2D eigenvalue weighted by molar-refractivity contribution is -0.137. The van der Waals surface area contributed by atoms with Crippen molar-refractivity contribution in [1.29, 1.82) is 0 Å². The van der Waals surface area contributed by atoms with Gasteiger partial charge in [0.1, 0.15) is 6.04 Å². The van der Waals surface area contributed by atoms with Gasteiger partial charge in [-0.05, 0) is 74.9 Å². The van der Waals surface area contributed by atoms with Crippen LogP contribution in [-0.4, -0.2) is 127 Å². The number of halogens is 3. The molecule has 50 heavy (non-hydrogen) atoms. The van der Waals surface area contributed by atoms with Crippen LogP contribution in [0.5, 0.6) is 0 Å². The van der Waals surface area contributed by atoms with Crippen LogP contribution in [0.25, 0.3) is 0 Å². The van der Waals surface area contributed by atoms with E-state index in [-0.39, 0.29) is 41.2 Å². The maximum Gasteiger partial charge on any atom is 0.418 e. The topological polar surface area (TPSA) is 117 Å². The number of amides is 5. The van der Waals surface area contributed by atoms with Gasteiger partial charge in [0.15, 0.2) is 0 Å². The zero-order chi connectivity index (χ0) is 35.6. The van der Waals surface area contributed by atoms with Gasteiger partial charge in [0, 0.05) is 88.8 Å². The van der Waals surface area contributed by atoms with E-state index < -0.39 is 23.8 Å². The van der Waals surface area contributed by atoms with Crippen LogP contribution in [-0.2, 0) is 23.8 Å². The third kappa shape index (κ3) is 8.12. The smallest absolute Gasteiger partial charge is 0.398 e. The first-order valence-corrected chi connectivity index (χ1v) is 17.8. The van der Waals surface area contributed by atoms with Crippen molar-refractivity contribution in [1.82, 2.24) is 29.8 Å². The number of para-hydroxylation sites is 1. The van der Waals surface area contributed by atoms with Gasteiger partial charge in [-0.25, -0.2) is 9.59 Å². The molecule has 0 spiro atoms. The lowest BCUT2D eigenvalue weighted by Crippen LogP contribution is -2.58. The van der Waals surface area contributed by atoms with Crippen molar-refractivity contribution in [3.05, 3.63) is 58.7 Å². The van der Waals surface area contributed by atoms with E-state index in [0.717, 1.165) is 62.8 Å². The van der Waals surface area contributed by atoms with Gasteiger partial charge >= 0.3 is 18.2 Å². The van der Waals surface area contributed by atoms with Crippen molar-refractivity contribution in [2.75, 3.05) is 77.0 Å². The van der Waals surface area contributed by atoms with Crippen LogP contribution in [0.15, 0.2) is 36.4 Å². The number of nitrogens with one attached hydrogen (secondary N) is 2. The predicted molar refractivity (Wildman–Crippen MR) is 186 cm³/mol. The molecule has 5 amide bonds. The Labute approximate surface area is 291 Å². The molecule has 3 saturated heterocycles. The average Bonchev–Trinajstić information content (AvgIpc) is 3.27. The number of benzene rings is 2. The highest BCUT2D eigenvalue weighted by Gasteiger charge is 2.37. The molecule has 0 bridgehead atoms. The summed E-state index contributed by atoms with van der Waals surface area (Å²) in [6.45, 7) is 7.86. The molecule has 2 aromatic rings. The minimum Gasteiger partial charge on any atom is -0.398 e. The second-order valence-electron chi connectivity index (χ2n) is 14.2. The van der Waals surface area contributed by atoms with E-state index in [9.17, 15) is 27.6 Å². The molecule has 0 aromatic heterocycles. The first-order chi connectivity index (χ1) is 23.9. The lowest BCUT2D eigenvalue weighted by atomic mass is 9.96. The van der Waals surface area contributed by atoms with Crippen LogP contribution >= 0.6 is 0 Å². The molecule has 3 fully saturated rings. The number of hydrogen-bond acceptors (Lipinski definition) is 6. The Morgan fingerprint density at radius 3 is 2.24 bits per heavy atom. The molecule has 4 N–H and O–H groups in total. The lowest BCUT2D eigenvalue weighted by Gasteiger charge is -2.42. The fraction of sp³-hybridized carbons (Fsp3) is 0.583. The maximum absolute atomic E-state index is 14.1. The summed E-state index contributed by atoms with van der Waals surface area (Å²) in [5, 5.41) is 5.91. The Morgan fingerprint density at radius 2 is 1.56 bits per heavy atom. The standard InChI is InChI=1S/C36H49F3N8O3/c1-24-21-25(22-29(32(24)40)36(37,38)39)23-31(33(48)45-12-8-27(9-13-45)44-19-17-43(2)18-20-44)42-34(49)46-14-10-28(11-15-46)47-16-7-26-5-3-4-6-30(26)41-35(47)50/h3-6,21-22,27-28,31H,7-20,23,40H2,1-2H3,(H,41,50)(H,42,49)/t31-/m1/s1. The summed E-state index contributed by atoms with van der Waals surface area (Å²) in [6, 6.07) is 8.98. The number of alkyl halides is 3. The number of fused-ring (bicyclic) bond motifs is 1. The monoisotopic (exact) mass is 698 g/mol. The second-order valence-corrected chi connectivity index (χ2v) is 14.2. The van der Waals surface area contributed by atoms with Gasteiger partial charge < -0.3 is 36.0 Å². The van der Waals surface area contributed by atoms with E-state index in [0.29, 0.717) is 51.6 Å². The molecule has 272 valence electrons. The van der Waals surface area contributed by atoms with Crippen LogP contribution in [0.4, 0.5) is 34.1 Å². The van der Waals surface area contributed by atoms with Crippen LogP contribution < -0.4 is 16.4 Å². The Hall–Kier alpha value is -4.04. The number of carbonyl (C=O) groups is 3. The number of likely N-dealkylation sites (tertiary alicyclic amines) is 2. The molecule has 0 aliphatic carbocycles. The van der Waals surface area contributed by atoms with E-state index >= 15 is 0 Å². The zero-order valence-electron chi connectivity index (χ0n) is 29.0. The minimum atomic E-state index is -4.66. The second kappa shape index (κ2) is 15.1. The van der Waals surface area contributed by atoms with Gasteiger partial charge in [-0.2, -0.15) is 13.2 Å². The number of nitrogens with zero attached hydrogens (tertiary/aromatic N) is 5. The highest BCUT2D eigenvalue weighted by Crippen LogP contribution is 2.36. The molecular formula is C36H49F3N8O3. The SMILES string of the molecule is Cc1cc(C[C@@H](NC(=O)N2CCC(N3CCc4ccccc4NC3=O)CC2)C(=O)N2CCC(N3CCN(C)CC3)CC2)cc(C(F)(F)F)c1N. The molecular weight excluding hydrogens is 649 g/mol. The van der Waals surface area contributed by atoms with Crippen LogP contribution in [0.2, 0.25) is 0 Å². The van der Waals surface area contributed by atoms with Gasteiger partial charge in [-0.15, -0.1) is 0 Å². The number of nitrogens with two attached hydrogens (primary N) is 1. The van der Waals surface area contributed by atoms with Gasteiger partial charge in [-0.1, -0.05) is 24.3 Å². The number of carbonyl (C=O) groups excluding carboxylic acids is 3. The van der Waals surface area contributed by atoms with Crippen LogP contribution in [0.1, 0.15) is 47.9 Å². The molecule has 1 atom stereocenters. The normalized spacial score (nSPS) is 21.0. The highest BCUT2D eigenvalue weighted by atomic mass is 19.4. The highest BCUT2D eigenvalue weighted by molar-refractivity contribution is 5.91. The van der Waals surface area contributed by atoms with Gasteiger partial charge in [0.25, 0.3) is 0 Å². The largest absolute Gasteiger partial charge is 0.418 e. The molecule has 4 aliphatic rings. The van der Waals surface area contributed by atoms with E-state index in [4.69, 9.17) is 5.73 Å². The molecule has 0 saturated carbocycles. The van der Waals surface area contributed by atoms with Gasteiger partial charge in [-0.3, -0.25) is 9.69 Å². The Morgan fingerprint density at radius 1 is 0.920 bits per heavy atom. The summed E-state index contributed by atoms with van der Waals surface area (Å²) in [5.74, 6) is -0.297. The third-order valence-corrected chi connectivity index (χ3v) is 11.0. The summed E-state index contributed by atoms with van der Waals surface area (Å²) in [6.07, 6.45) is -1.28. The number of likely N-dealkylation sites (N-methyl/N-ethyl adjacent to an activating group) is 1. The van der Waals surface area contributed by atoms with Gasteiger partial charge in [0.05, 0.1) is 5.56 Å². The first kappa shape index (κ1) is 35.8. The Bertz CT molecular complexity index is 1550. The first-order valence-electron chi connectivity index (χ1n) is 17.8. The van der Waals surface area contributed by atoms with Crippen molar-refractivity contribution < 1.29 is 27.6 Å². The molecule has 4 heterocycles. The molecule has 14 heteroatoms. The number of hydrogen-bond donors (Lipinski definition) is 3. The van der Waals surface area contributed by atoms with Crippen molar-refractivity contribution >= 4 is 29.3 Å². The van der Waals surface area contributed by atoms with Crippen LogP contribution in [0.3, 0.4) is 0 Å². The number of urea groups is 2. The molecule has 6 rings (SSSR count). The molecule has 2 aromatic carbocycles. The summed E-state index contributed by atoms with van der Waals surface area (Å²) in [7, 11) is 2.11. The number of nitrogen functional groups attached to an aromatic ring is 1. The van der Waals surface area contributed by atoms with Crippen molar-refractivity contribution in [2.24, 2.45) is 0 Å². The predicted octanol–water partition coefficient (Wildman–Crippen LogP) is 4.01. The number of piperidine rings is 2. The van der Waals surface area contributed by atoms with Crippen molar-refractivity contribution in [3.8, 4) is 0 Å². The summed E-state index contributed by atoms with van der Waals surface area (Å²) in [4.78, 5) is 50.9. The summed E-state index contributed by atoms with van der Waals surface area (Å²) < 4.78 is 41.6. The van der Waals surface area contributed by atoms with E-state index in [1.54, 1.807) is 15.9 Å². The number of anilines is 2. The van der Waals surface area contributed by atoms with Crippen molar-refractivity contribution in [3.63, 3.8) is 0 Å². The Balaban J connectivity index is 1.12. The third-order valence-electron chi connectivity index (χ3n) is 11.0. The van der Waals surface area contributed by atoms with Crippen LogP contribution in [0, 0.1) is 6.92 Å². The average molecular weight is 699 g/mol. The van der Waals surface area contributed by atoms with E-state index in [1.807, 2.05) is 29.2 Å². The fourth-order valence-corrected chi connectivity index (χ4v) is 7.88. The fourth-order valence-electron chi connectivity index (χ4n) is 7.88. The van der Waals surface area contributed by atoms with Crippen molar-refractivity contribution in [2.45, 2.75) is 69.8 Å². The minimum absolute atomic E-state index is 0.0501. The number of piperazine rings is 1. The summed E-state index contributed by atoms with van der Waals surface area (Å²) >= 11 is 0. The van der Waals surface area contributed by atoms with E-state index in [1.165, 1.54) is 6.92 Å². The van der Waals surface area contributed by atoms with Gasteiger partial charge in [0.2, 0.25) is 5.91 Å². The molecule has 11 nitrogen and oxygen atoms in total. The quantitative estimate of drug-likeness (QED) is 0.393. The summed E-state index contributed by atoms with van der Waals surface area (Å²) in [5.41, 5.74) is 6.96. The van der Waals surface area contributed by atoms with E-state index in [2.05, 4.69) is 27.5 Å². The molecule has 0 unspecified atom stereocenters.